The maximum atomic E-state index is 10.3. The number of rotatable bonds is 4. The topological polar surface area (TPSA) is 70.3 Å². The minimum atomic E-state index is -1.03. The average molecular weight is 203 g/mol. The van der Waals surface area contributed by atoms with Gasteiger partial charge < -0.3 is 9.84 Å². The molecule has 15 heavy (non-hydrogen) atoms. The third kappa shape index (κ3) is 3.53. The quantitative estimate of drug-likeness (QED) is 0.756. The fourth-order valence-electron chi connectivity index (χ4n) is 1.02. The molecule has 0 bridgehead atoms. The molecule has 1 N–H and O–H groups in total. The van der Waals surface area contributed by atoms with Crippen LogP contribution in [0.3, 0.4) is 0 Å². The molecule has 4 nitrogen and oxygen atoms in total. The van der Waals surface area contributed by atoms with E-state index in [0.29, 0.717) is 11.3 Å². The number of allylic oxidation sites excluding steroid dienone is 1. The summed E-state index contributed by atoms with van der Waals surface area (Å²) in [7, 11) is 0. The highest BCUT2D eigenvalue weighted by Gasteiger charge is 2.02. The molecule has 1 aromatic rings. The lowest BCUT2D eigenvalue weighted by molar-refractivity contribution is -0.139. The van der Waals surface area contributed by atoms with Gasteiger partial charge in [0.25, 0.3) is 0 Å². The van der Waals surface area contributed by atoms with E-state index in [9.17, 15) is 4.79 Å². The van der Waals surface area contributed by atoms with Gasteiger partial charge in [-0.05, 0) is 12.1 Å². The molecule has 0 unspecified atom stereocenters. The molecule has 0 fully saturated rings. The normalized spacial score (nSPS) is 9.80. The van der Waals surface area contributed by atoms with Crippen molar-refractivity contribution in [2.45, 2.75) is 0 Å². The molecule has 0 spiro atoms. The molecule has 0 saturated carbocycles. The number of benzene rings is 1. The predicted molar refractivity (Wildman–Crippen MR) is 54.2 cm³/mol. The number of nitriles is 1. The molecule has 4 heteroatoms. The first-order valence-corrected chi connectivity index (χ1v) is 4.24. The lowest BCUT2D eigenvalue weighted by Crippen LogP contribution is -2.09. The van der Waals surface area contributed by atoms with Crippen LogP contribution in [0, 0.1) is 11.3 Å². The molecule has 0 radical (unpaired) electrons. The Hall–Kier alpha value is -2.28. The lowest BCUT2D eigenvalue weighted by atomic mass is 10.2. The van der Waals surface area contributed by atoms with Crippen LogP contribution >= 0.6 is 0 Å². The zero-order valence-electron chi connectivity index (χ0n) is 7.88. The molecule has 0 aliphatic rings. The minimum absolute atomic E-state index is 0.391. The van der Waals surface area contributed by atoms with Crippen molar-refractivity contribution in [2.24, 2.45) is 0 Å². The number of carboxylic acid groups (broad SMARTS) is 1. The molecule has 76 valence electrons. The van der Waals surface area contributed by atoms with Crippen LogP contribution in [-0.2, 0) is 4.79 Å². The highest BCUT2D eigenvalue weighted by molar-refractivity contribution is 5.69. The van der Waals surface area contributed by atoms with E-state index in [-0.39, 0.29) is 0 Å². The monoisotopic (exact) mass is 203 g/mol. The Morgan fingerprint density at radius 3 is 2.93 bits per heavy atom. The van der Waals surface area contributed by atoms with E-state index in [2.05, 4.69) is 0 Å². The first kappa shape index (κ1) is 10.8. The minimum Gasteiger partial charge on any atom is -0.481 e. The lowest BCUT2D eigenvalue weighted by Gasteiger charge is -2.05. The fourth-order valence-corrected chi connectivity index (χ4v) is 1.02. The maximum absolute atomic E-state index is 10.3. The van der Waals surface area contributed by atoms with E-state index in [4.69, 9.17) is 15.1 Å². The summed E-state index contributed by atoms with van der Waals surface area (Å²) in [5.74, 6) is -0.583. The summed E-state index contributed by atoms with van der Waals surface area (Å²) in [4.78, 5) is 10.3. The van der Waals surface area contributed by atoms with Crippen LogP contribution < -0.4 is 4.74 Å². The Morgan fingerprint density at radius 2 is 2.27 bits per heavy atom. The van der Waals surface area contributed by atoms with Crippen LogP contribution in [-0.4, -0.2) is 17.7 Å². The van der Waals surface area contributed by atoms with Crippen LogP contribution in [0.4, 0.5) is 0 Å². The van der Waals surface area contributed by atoms with Gasteiger partial charge >= 0.3 is 5.97 Å². The van der Waals surface area contributed by atoms with Gasteiger partial charge in [0, 0.05) is 11.6 Å². The number of carboxylic acids is 1. The summed E-state index contributed by atoms with van der Waals surface area (Å²) in [5, 5.41) is 16.8. The molecular weight excluding hydrogens is 194 g/mol. The van der Waals surface area contributed by atoms with Gasteiger partial charge in [0.1, 0.15) is 5.75 Å². The Kier molecular flexibility index (Phi) is 3.92. The van der Waals surface area contributed by atoms with Gasteiger partial charge in [-0.25, -0.2) is 4.79 Å². The van der Waals surface area contributed by atoms with Crippen molar-refractivity contribution < 1.29 is 14.6 Å². The number of ether oxygens (including phenoxy) is 1. The van der Waals surface area contributed by atoms with Crippen molar-refractivity contribution in [1.82, 2.24) is 0 Å². The van der Waals surface area contributed by atoms with Gasteiger partial charge in [-0.15, -0.1) is 0 Å². The van der Waals surface area contributed by atoms with Gasteiger partial charge in [0.05, 0.1) is 6.07 Å². The first-order valence-electron chi connectivity index (χ1n) is 4.24. The highest BCUT2D eigenvalue weighted by Crippen LogP contribution is 2.19. The Morgan fingerprint density at radius 1 is 1.53 bits per heavy atom. The van der Waals surface area contributed by atoms with Crippen molar-refractivity contribution in [3.05, 3.63) is 35.9 Å². The van der Waals surface area contributed by atoms with Crippen molar-refractivity contribution in [1.29, 1.82) is 5.26 Å². The van der Waals surface area contributed by atoms with Crippen LogP contribution in [0.5, 0.6) is 5.75 Å². The Balaban J connectivity index is 2.82. The largest absolute Gasteiger partial charge is 0.481 e. The zero-order valence-corrected chi connectivity index (χ0v) is 7.88. The Labute approximate surface area is 87.0 Å². The number of carbonyl (C=O) groups is 1. The van der Waals surface area contributed by atoms with E-state index in [1.54, 1.807) is 30.3 Å². The van der Waals surface area contributed by atoms with Crippen molar-refractivity contribution in [3.63, 3.8) is 0 Å². The molecule has 0 aliphatic carbocycles. The van der Waals surface area contributed by atoms with E-state index in [1.807, 2.05) is 6.07 Å². The molecule has 0 amide bonds. The van der Waals surface area contributed by atoms with Gasteiger partial charge in [-0.1, -0.05) is 18.2 Å². The van der Waals surface area contributed by atoms with E-state index >= 15 is 0 Å². The van der Waals surface area contributed by atoms with Crippen LogP contribution in [0.25, 0.3) is 6.08 Å². The van der Waals surface area contributed by atoms with Crippen LogP contribution in [0.15, 0.2) is 30.3 Å². The number of hydrogen-bond acceptors (Lipinski definition) is 3. The number of hydrogen-bond donors (Lipinski definition) is 1. The zero-order chi connectivity index (χ0) is 11.1. The van der Waals surface area contributed by atoms with Crippen LogP contribution in [0.2, 0.25) is 0 Å². The van der Waals surface area contributed by atoms with Crippen molar-refractivity contribution in [2.75, 3.05) is 6.61 Å². The second-order valence-electron chi connectivity index (χ2n) is 2.68. The molecule has 0 saturated heterocycles. The predicted octanol–water partition coefficient (Wildman–Crippen LogP) is 1.69. The fraction of sp³-hybridized carbons (Fsp3) is 0.0909. The number of aliphatic carboxylic acids is 1. The third-order valence-corrected chi connectivity index (χ3v) is 1.61. The number of nitrogens with zero attached hydrogens (tertiary/aromatic N) is 1. The van der Waals surface area contributed by atoms with Gasteiger partial charge in [-0.2, -0.15) is 5.26 Å². The van der Waals surface area contributed by atoms with E-state index < -0.39 is 12.6 Å². The Bertz CT molecular complexity index is 418. The molecular formula is C11H9NO3. The summed E-state index contributed by atoms with van der Waals surface area (Å²) in [6.07, 6.45) is 2.88. The van der Waals surface area contributed by atoms with Crippen molar-refractivity contribution >= 4 is 12.0 Å². The molecule has 1 rings (SSSR count). The summed E-state index contributed by atoms with van der Waals surface area (Å²) < 4.78 is 5.04. The molecule has 0 aliphatic heterocycles. The number of para-hydroxylation sites is 1. The van der Waals surface area contributed by atoms with E-state index in [0.717, 1.165) is 0 Å². The van der Waals surface area contributed by atoms with Crippen LogP contribution in [0.1, 0.15) is 5.56 Å². The standard InChI is InChI=1S/C11H9NO3/c12-7-3-5-9-4-1-2-6-10(9)15-8-11(13)14/h1-6H,8H2,(H,13,14). The summed E-state index contributed by atoms with van der Waals surface area (Å²) in [5.41, 5.74) is 0.681. The maximum Gasteiger partial charge on any atom is 0.341 e. The molecule has 1 aromatic carbocycles. The summed E-state index contributed by atoms with van der Waals surface area (Å²) in [6, 6.07) is 8.77. The van der Waals surface area contributed by atoms with Gasteiger partial charge in [-0.3, -0.25) is 0 Å². The SMILES string of the molecule is N#CC=Cc1ccccc1OCC(=O)O. The summed E-state index contributed by atoms with van der Waals surface area (Å²) >= 11 is 0. The smallest absolute Gasteiger partial charge is 0.341 e. The van der Waals surface area contributed by atoms with Gasteiger partial charge in [0.2, 0.25) is 0 Å². The second-order valence-corrected chi connectivity index (χ2v) is 2.68. The molecule has 0 aromatic heterocycles. The second kappa shape index (κ2) is 5.45. The first-order chi connectivity index (χ1) is 7.24. The highest BCUT2D eigenvalue weighted by atomic mass is 16.5. The third-order valence-electron chi connectivity index (χ3n) is 1.61. The molecule has 0 heterocycles. The van der Waals surface area contributed by atoms with Crippen molar-refractivity contribution in [3.8, 4) is 11.8 Å². The van der Waals surface area contributed by atoms with E-state index in [1.165, 1.54) is 6.08 Å². The summed E-state index contributed by atoms with van der Waals surface area (Å²) in [6.45, 7) is -0.391. The molecule has 0 atom stereocenters. The average Bonchev–Trinajstić information content (AvgIpc) is 2.24. The van der Waals surface area contributed by atoms with Gasteiger partial charge in [0.15, 0.2) is 6.61 Å².